The second-order valence-electron chi connectivity index (χ2n) is 14.5. The lowest BCUT2D eigenvalue weighted by atomic mass is 9.84. The summed E-state index contributed by atoms with van der Waals surface area (Å²) in [6.45, 7) is 12.0. The van der Waals surface area contributed by atoms with Gasteiger partial charge in [-0.05, 0) is 55.3 Å². The molecule has 0 N–H and O–H groups in total. The van der Waals surface area contributed by atoms with Gasteiger partial charge in [-0.3, -0.25) is 8.80 Å². The van der Waals surface area contributed by atoms with Gasteiger partial charge in [-0.25, -0.2) is 9.97 Å². The van der Waals surface area contributed by atoms with Crippen LogP contribution in [0.3, 0.4) is 0 Å². The van der Waals surface area contributed by atoms with E-state index in [2.05, 4.69) is 89.5 Å². The molecule has 2 saturated carbocycles. The van der Waals surface area contributed by atoms with Crippen molar-refractivity contribution in [1.82, 2.24) is 39.2 Å². The molecule has 0 amide bonds. The molecule has 270 valence electrons. The van der Waals surface area contributed by atoms with Gasteiger partial charge in [-0.2, -0.15) is 12.6 Å². The zero-order chi connectivity index (χ0) is 35.7. The minimum atomic E-state index is -1.58. The molecule has 2 aliphatic carbocycles. The molecule has 4 aromatic heterocycles. The van der Waals surface area contributed by atoms with E-state index in [1.165, 1.54) is 0 Å². The van der Waals surface area contributed by atoms with Crippen LogP contribution >= 0.6 is 51.1 Å². The third-order valence-electron chi connectivity index (χ3n) is 11.3. The van der Waals surface area contributed by atoms with Gasteiger partial charge in [0.1, 0.15) is 36.1 Å². The number of unbranched alkanes of at least 4 members (excludes halogenated alkanes) is 1. The van der Waals surface area contributed by atoms with E-state index in [1.807, 2.05) is 21.2 Å². The molecule has 0 aromatic carbocycles. The highest BCUT2D eigenvalue weighted by molar-refractivity contribution is 8.40. The first-order valence-electron chi connectivity index (χ1n) is 17.6. The Morgan fingerprint density at radius 1 is 0.760 bits per heavy atom. The highest BCUT2D eigenvalue weighted by Crippen LogP contribution is 2.53. The van der Waals surface area contributed by atoms with E-state index in [4.69, 9.17) is 22.1 Å². The number of rotatable bonds is 15. The predicted molar refractivity (Wildman–Crippen MR) is 205 cm³/mol. The molecule has 7 unspecified atom stereocenters. The van der Waals surface area contributed by atoms with Gasteiger partial charge in [-0.1, -0.05) is 43.7 Å². The number of hydrogen-bond acceptors (Lipinski definition) is 11. The minimum absolute atomic E-state index is 0.0941. The van der Waals surface area contributed by atoms with Crippen LogP contribution in [-0.2, 0) is 9.13 Å². The Morgan fingerprint density at radius 3 is 1.62 bits per heavy atom. The van der Waals surface area contributed by atoms with Crippen LogP contribution in [0, 0.1) is 41.4 Å². The molecular weight excluding hydrogens is 731 g/mol. The van der Waals surface area contributed by atoms with Crippen molar-refractivity contribution in [1.29, 1.82) is 0 Å². The van der Waals surface area contributed by atoms with E-state index in [-0.39, 0.29) is 28.9 Å². The van der Waals surface area contributed by atoms with Crippen molar-refractivity contribution in [3.8, 4) is 11.8 Å². The summed E-state index contributed by atoms with van der Waals surface area (Å²) in [5.74, 6) is 5.40. The molecule has 0 bridgehead atoms. The molecule has 2 aliphatic rings. The fraction of sp³-hybridized carbons (Fsp3) is 0.697. The van der Waals surface area contributed by atoms with Gasteiger partial charge in [0.2, 0.25) is 11.3 Å². The van der Waals surface area contributed by atoms with Gasteiger partial charge in [-0.15, -0.1) is 20.4 Å². The minimum Gasteiger partial charge on any atom is -0.475 e. The van der Waals surface area contributed by atoms with Crippen molar-refractivity contribution in [2.45, 2.75) is 77.4 Å². The molecule has 4 heterocycles. The zero-order valence-corrected chi connectivity index (χ0v) is 33.7. The monoisotopic (exact) mass is 778 g/mol. The second-order valence-corrected chi connectivity index (χ2v) is 20.1. The van der Waals surface area contributed by atoms with E-state index >= 15 is 0 Å². The van der Waals surface area contributed by atoms with Crippen molar-refractivity contribution < 1.29 is 18.6 Å². The van der Waals surface area contributed by atoms with Crippen LogP contribution in [0.4, 0.5) is 0 Å². The maximum absolute atomic E-state index is 12.2. The molecule has 50 heavy (non-hydrogen) atoms. The average Bonchev–Trinajstić information content (AvgIpc) is 3.83. The SMILES string of the molecule is CC(C)C1CC(c2nnc3c(OCCCCOc4nccn5c(C6CC(C(C)S)[C@@H](C)[C@H]6C[P+](=O)S)nnc45)nccn23)[C@H](C[P+](=O)S)[C@@H]1C. The number of hydrogen-bond donors (Lipinski definition) is 3. The van der Waals surface area contributed by atoms with E-state index in [0.29, 0.717) is 78.2 Å². The lowest BCUT2D eigenvalue weighted by molar-refractivity contribution is 0.258. The highest BCUT2D eigenvalue weighted by Gasteiger charge is 2.48. The quantitative estimate of drug-likeness (QED) is 0.0622. The fourth-order valence-electron chi connectivity index (χ4n) is 8.68. The summed E-state index contributed by atoms with van der Waals surface area (Å²) >= 11 is 13.3. The molecular formula is C33H48N8O4P2S3+2. The fourth-order valence-corrected chi connectivity index (χ4v) is 12.1. The van der Waals surface area contributed by atoms with Crippen LogP contribution in [0.2, 0.25) is 0 Å². The summed E-state index contributed by atoms with van der Waals surface area (Å²) in [7, 11) is -3.15. The average molecular weight is 779 g/mol. The predicted octanol–water partition coefficient (Wildman–Crippen LogP) is 7.83. The molecule has 0 saturated heterocycles. The molecule has 12 nitrogen and oxygen atoms in total. The van der Waals surface area contributed by atoms with Gasteiger partial charge in [0.25, 0.3) is 11.8 Å². The Labute approximate surface area is 311 Å². The maximum Gasteiger partial charge on any atom is 0.407 e. The Hall–Kier alpha value is -2.05. The van der Waals surface area contributed by atoms with Crippen LogP contribution in [0.1, 0.15) is 83.8 Å². The van der Waals surface area contributed by atoms with E-state index in [1.54, 1.807) is 12.4 Å². The number of aromatic nitrogens is 8. The maximum atomic E-state index is 12.2. The van der Waals surface area contributed by atoms with Crippen LogP contribution in [0.15, 0.2) is 24.8 Å². The standard InChI is InChI=1S/C33H46N8O4P2S3/c1-18(2)22-14-24(26(19(22)3)16-46(42)49)28-36-38-30-32(34-8-10-40(28)30)44-12-6-7-13-45-33-31-39-37-29(41(31)11-9-35-33)25-15-23(21(5)48)20(4)27(25)17-47(43)50/h8-11,18-27H,6-7,12-17H2,1-5H3,(H-2,42,43,48,49,50)/p+2/t19-,20-,21?,22?,23?,24?,25?,26-,27-/m1/s1. The molecule has 11 atom stereocenters. The van der Waals surface area contributed by atoms with Gasteiger partial charge < -0.3 is 9.47 Å². The van der Waals surface area contributed by atoms with Crippen LogP contribution in [0.25, 0.3) is 11.3 Å². The molecule has 0 spiro atoms. The largest absolute Gasteiger partial charge is 0.475 e. The van der Waals surface area contributed by atoms with Crippen molar-refractivity contribution in [2.75, 3.05) is 25.5 Å². The number of nitrogens with zero attached hydrogens (tertiary/aromatic N) is 8. The van der Waals surface area contributed by atoms with E-state index in [9.17, 15) is 9.13 Å². The Balaban J connectivity index is 1.07. The summed E-state index contributed by atoms with van der Waals surface area (Å²) in [4.78, 5) is 8.91. The molecule has 2 fully saturated rings. The number of ether oxygens (including phenoxy) is 2. The van der Waals surface area contributed by atoms with Crippen LogP contribution in [-0.4, -0.2) is 70.0 Å². The Morgan fingerprint density at radius 2 is 1.20 bits per heavy atom. The first-order valence-corrected chi connectivity index (χ1v) is 23.3. The zero-order valence-electron chi connectivity index (χ0n) is 29.2. The third kappa shape index (κ3) is 7.82. The number of fused-ring (bicyclic) bond motifs is 2. The summed E-state index contributed by atoms with van der Waals surface area (Å²) < 4.78 is 40.6. The smallest absolute Gasteiger partial charge is 0.407 e. The first kappa shape index (κ1) is 37.7. The van der Waals surface area contributed by atoms with Gasteiger partial charge in [0.15, 0.2) is 12.3 Å². The summed E-state index contributed by atoms with van der Waals surface area (Å²) in [6, 6.07) is 0. The van der Waals surface area contributed by atoms with Gasteiger partial charge >= 0.3 is 14.0 Å². The topological polar surface area (TPSA) is 139 Å². The second kappa shape index (κ2) is 16.3. The van der Waals surface area contributed by atoms with Crippen molar-refractivity contribution in [3.63, 3.8) is 0 Å². The number of thiol groups is 3. The van der Waals surface area contributed by atoms with E-state index < -0.39 is 14.0 Å². The first-order chi connectivity index (χ1) is 24.0. The Bertz CT molecular complexity index is 1700. The molecule has 6 rings (SSSR count). The van der Waals surface area contributed by atoms with Crippen LogP contribution < -0.4 is 9.47 Å². The molecule has 17 heteroatoms. The highest BCUT2D eigenvalue weighted by atomic mass is 32.7. The van der Waals surface area contributed by atoms with Crippen molar-refractivity contribution in [3.05, 3.63) is 36.4 Å². The lowest BCUT2D eigenvalue weighted by Gasteiger charge is -2.21. The summed E-state index contributed by atoms with van der Waals surface area (Å²) in [6.07, 6.45) is 11.6. The van der Waals surface area contributed by atoms with Crippen molar-refractivity contribution >= 4 is 62.4 Å². The lowest BCUT2D eigenvalue weighted by Crippen LogP contribution is -2.20. The Kier molecular flexibility index (Phi) is 12.3. The normalized spacial score (nSPS) is 28.1. The van der Waals surface area contributed by atoms with Crippen LogP contribution in [0.5, 0.6) is 11.8 Å². The molecule has 0 radical (unpaired) electrons. The van der Waals surface area contributed by atoms with Gasteiger partial charge in [0, 0.05) is 53.7 Å². The summed E-state index contributed by atoms with van der Waals surface area (Å²) in [5.41, 5.74) is 1.16. The van der Waals surface area contributed by atoms with E-state index in [0.717, 1.165) is 37.3 Å². The van der Waals surface area contributed by atoms with Gasteiger partial charge in [0.05, 0.1) is 13.2 Å². The molecule has 4 aromatic rings. The molecule has 0 aliphatic heterocycles. The third-order valence-corrected chi connectivity index (χ3v) is 14.1. The summed E-state index contributed by atoms with van der Waals surface area (Å²) in [5, 5.41) is 18.4. The van der Waals surface area contributed by atoms with Crippen molar-refractivity contribution in [2.24, 2.45) is 41.4 Å².